The Bertz CT molecular complexity index is 129. The highest BCUT2D eigenvalue weighted by molar-refractivity contribution is 4.46. The molecule has 0 aromatic heterocycles. The fraction of sp³-hybridized carbons (Fsp3) is 1.00. The molecule has 0 aliphatic carbocycles. The maximum absolute atomic E-state index is 8.84. The van der Waals surface area contributed by atoms with Crippen molar-refractivity contribution in [3.8, 4) is 0 Å². The van der Waals surface area contributed by atoms with E-state index < -0.39 is 11.9 Å². The van der Waals surface area contributed by atoms with Crippen LogP contribution < -0.4 is 0 Å². The number of ether oxygens (including phenoxy) is 1. The second kappa shape index (κ2) is 4.07. The molecule has 0 saturated carbocycles. The predicted molar refractivity (Wildman–Crippen MR) is 31.3 cm³/mol. The van der Waals surface area contributed by atoms with Gasteiger partial charge in [0.1, 0.15) is 0 Å². The lowest BCUT2D eigenvalue weighted by molar-refractivity contribution is -0.616. The van der Waals surface area contributed by atoms with Crippen LogP contribution in [0.15, 0.2) is 0 Å². The Morgan fingerprint density at radius 3 is 1.58 bits per heavy atom. The first kappa shape index (κ1) is 11.7. The smallest absolute Gasteiger partial charge is 0.340 e. The molecule has 0 aromatic rings. The summed E-state index contributed by atoms with van der Waals surface area (Å²) in [5.74, 6) is -4.84. The summed E-state index contributed by atoms with van der Waals surface area (Å²) in [5.41, 5.74) is 0. The van der Waals surface area contributed by atoms with E-state index in [9.17, 15) is 0 Å². The van der Waals surface area contributed by atoms with Crippen LogP contribution in [0.3, 0.4) is 0 Å². The largest absolute Gasteiger partial charge is 0.342 e. The summed E-state index contributed by atoms with van der Waals surface area (Å²) in [7, 11) is 0. The Morgan fingerprint density at radius 1 is 0.917 bits per heavy atom. The van der Waals surface area contributed by atoms with Crippen LogP contribution in [0.25, 0.3) is 0 Å². The normalized spacial score (nSPS) is 17.5. The molecule has 12 heavy (non-hydrogen) atoms. The second-order valence-corrected chi connectivity index (χ2v) is 2.14. The molecule has 74 valence electrons. The molecule has 0 amide bonds. The van der Waals surface area contributed by atoms with Crippen LogP contribution in [0, 0.1) is 0 Å². The highest BCUT2D eigenvalue weighted by Gasteiger charge is 2.39. The summed E-state index contributed by atoms with van der Waals surface area (Å²) >= 11 is 0. The molecule has 0 fully saturated rings. The molecular formula is C4H10O8. The van der Waals surface area contributed by atoms with Crippen molar-refractivity contribution in [1.82, 2.24) is 0 Å². The SMILES string of the molecule is CC(O)(OO)OC(C)(OO)OO. The quantitative estimate of drug-likeness (QED) is 0.265. The van der Waals surface area contributed by atoms with Crippen LogP contribution in [-0.4, -0.2) is 32.8 Å². The molecular weight excluding hydrogens is 176 g/mol. The molecule has 1 atom stereocenters. The van der Waals surface area contributed by atoms with Gasteiger partial charge in [-0.25, -0.2) is 15.8 Å². The number of rotatable bonds is 5. The van der Waals surface area contributed by atoms with Crippen LogP contribution >= 0.6 is 0 Å². The van der Waals surface area contributed by atoms with E-state index in [0.29, 0.717) is 0 Å². The maximum atomic E-state index is 8.84. The lowest BCUT2D eigenvalue weighted by Gasteiger charge is -2.28. The van der Waals surface area contributed by atoms with E-state index >= 15 is 0 Å². The third-order valence-electron chi connectivity index (χ3n) is 0.876. The van der Waals surface area contributed by atoms with Crippen molar-refractivity contribution in [3.05, 3.63) is 0 Å². The van der Waals surface area contributed by atoms with Crippen molar-refractivity contribution < 1.29 is 40.3 Å². The fourth-order valence-electron chi connectivity index (χ4n) is 0.417. The van der Waals surface area contributed by atoms with E-state index in [4.69, 9.17) is 20.9 Å². The summed E-state index contributed by atoms with van der Waals surface area (Å²) in [6, 6.07) is 0. The fourth-order valence-corrected chi connectivity index (χ4v) is 0.417. The van der Waals surface area contributed by atoms with E-state index in [-0.39, 0.29) is 0 Å². The molecule has 0 aromatic carbocycles. The minimum atomic E-state index is -2.49. The topological polar surface area (TPSA) is 118 Å². The van der Waals surface area contributed by atoms with Crippen molar-refractivity contribution in [2.24, 2.45) is 0 Å². The summed E-state index contributed by atoms with van der Waals surface area (Å²) in [6.07, 6.45) is 0. The lowest BCUT2D eigenvalue weighted by Crippen LogP contribution is -2.45. The van der Waals surface area contributed by atoms with Gasteiger partial charge in [0, 0.05) is 13.8 Å². The predicted octanol–water partition coefficient (Wildman–Crippen LogP) is -0.189. The van der Waals surface area contributed by atoms with Crippen LogP contribution in [0.1, 0.15) is 13.8 Å². The molecule has 8 nitrogen and oxygen atoms in total. The van der Waals surface area contributed by atoms with Crippen LogP contribution in [0.5, 0.6) is 0 Å². The molecule has 0 aliphatic rings. The summed E-state index contributed by atoms with van der Waals surface area (Å²) in [5, 5.41) is 33.0. The molecule has 0 bridgehead atoms. The molecule has 0 aliphatic heterocycles. The number of hydrogen-bond acceptors (Lipinski definition) is 8. The second-order valence-electron chi connectivity index (χ2n) is 2.14. The van der Waals surface area contributed by atoms with Crippen molar-refractivity contribution in [2.75, 3.05) is 0 Å². The van der Waals surface area contributed by atoms with E-state index in [1.54, 1.807) is 0 Å². The third kappa shape index (κ3) is 3.38. The van der Waals surface area contributed by atoms with Crippen molar-refractivity contribution >= 4 is 0 Å². The van der Waals surface area contributed by atoms with Gasteiger partial charge in [-0.3, -0.25) is 4.74 Å². The molecule has 0 saturated heterocycles. The molecule has 8 heteroatoms. The van der Waals surface area contributed by atoms with Gasteiger partial charge in [-0.15, -0.1) is 0 Å². The van der Waals surface area contributed by atoms with Gasteiger partial charge < -0.3 is 5.11 Å². The standard InChI is InChI=1S/C4H10O8/c1-3(5,10-6)9-4(2,11-7)12-8/h5-8H,1-2H3. The van der Waals surface area contributed by atoms with Crippen molar-refractivity contribution in [3.63, 3.8) is 0 Å². The van der Waals surface area contributed by atoms with Gasteiger partial charge in [-0.05, 0) is 0 Å². The van der Waals surface area contributed by atoms with Crippen LogP contribution in [0.4, 0.5) is 0 Å². The average molecular weight is 186 g/mol. The van der Waals surface area contributed by atoms with Crippen LogP contribution in [-0.2, 0) is 19.4 Å². The van der Waals surface area contributed by atoms with Gasteiger partial charge in [0.2, 0.25) is 0 Å². The first-order valence-electron chi connectivity index (χ1n) is 2.79. The molecule has 1 unspecified atom stereocenters. The molecule has 0 spiro atoms. The van der Waals surface area contributed by atoms with Gasteiger partial charge in [0.05, 0.1) is 0 Å². The van der Waals surface area contributed by atoms with E-state index in [1.165, 1.54) is 0 Å². The third-order valence-corrected chi connectivity index (χ3v) is 0.876. The van der Waals surface area contributed by atoms with Crippen molar-refractivity contribution in [2.45, 2.75) is 25.8 Å². The molecule has 4 N–H and O–H groups in total. The van der Waals surface area contributed by atoms with E-state index in [0.717, 1.165) is 13.8 Å². The number of aliphatic hydroxyl groups is 1. The van der Waals surface area contributed by atoms with Gasteiger partial charge >= 0.3 is 11.9 Å². The Labute approximate surface area is 67.3 Å². The van der Waals surface area contributed by atoms with Gasteiger partial charge in [0.25, 0.3) is 0 Å². The Kier molecular flexibility index (Phi) is 3.96. The Morgan fingerprint density at radius 2 is 1.33 bits per heavy atom. The Hall–Kier alpha value is -0.320. The van der Waals surface area contributed by atoms with Crippen LogP contribution in [0.2, 0.25) is 0 Å². The highest BCUT2D eigenvalue weighted by atomic mass is 17.3. The van der Waals surface area contributed by atoms with Crippen molar-refractivity contribution in [1.29, 1.82) is 0 Å². The zero-order chi connectivity index (χ0) is 9.83. The first-order chi connectivity index (χ1) is 5.39. The lowest BCUT2D eigenvalue weighted by atomic mass is 10.6. The zero-order valence-corrected chi connectivity index (χ0v) is 6.42. The monoisotopic (exact) mass is 186 g/mol. The molecule has 0 rings (SSSR count). The zero-order valence-electron chi connectivity index (χ0n) is 6.42. The molecule has 0 radical (unpaired) electrons. The number of hydrogen-bond donors (Lipinski definition) is 4. The Balaban J connectivity index is 4.20. The molecule has 0 heterocycles. The summed E-state index contributed by atoms with van der Waals surface area (Å²) in [6.45, 7) is 1.77. The minimum Gasteiger partial charge on any atom is -0.342 e. The summed E-state index contributed by atoms with van der Waals surface area (Å²) < 4.78 is 4.21. The van der Waals surface area contributed by atoms with Gasteiger partial charge in [0.15, 0.2) is 0 Å². The first-order valence-corrected chi connectivity index (χ1v) is 2.79. The van der Waals surface area contributed by atoms with Gasteiger partial charge in [-0.1, -0.05) is 0 Å². The average Bonchev–Trinajstić information content (AvgIpc) is 2.04. The van der Waals surface area contributed by atoms with E-state index in [1.807, 2.05) is 0 Å². The maximum Gasteiger partial charge on any atom is 0.340 e. The summed E-state index contributed by atoms with van der Waals surface area (Å²) in [4.78, 5) is 10.3. The van der Waals surface area contributed by atoms with E-state index in [2.05, 4.69) is 19.4 Å². The highest BCUT2D eigenvalue weighted by Crippen LogP contribution is 2.19. The van der Waals surface area contributed by atoms with Gasteiger partial charge in [-0.2, -0.15) is 14.7 Å². The minimum absolute atomic E-state index is 0.864.